The number of hydrogen-bond acceptors (Lipinski definition) is 5. The van der Waals surface area contributed by atoms with Gasteiger partial charge in [0, 0.05) is 13.0 Å². The quantitative estimate of drug-likeness (QED) is 0.785. The highest BCUT2D eigenvalue weighted by Crippen LogP contribution is 2.62. The van der Waals surface area contributed by atoms with Gasteiger partial charge >= 0.3 is 5.97 Å². The third-order valence-electron chi connectivity index (χ3n) is 6.40. The Balaban J connectivity index is 1.33. The molecule has 6 heteroatoms. The molecule has 1 aliphatic heterocycles. The SMILES string of the molecule is O=C(CC12C[C@@H]3C[C@@H](CC(O)(C3)C1)C2)OCC(=O)N1CCCC1=O. The maximum Gasteiger partial charge on any atom is 0.306 e. The molecule has 4 saturated carbocycles. The van der Waals surface area contributed by atoms with E-state index in [1.165, 1.54) is 11.3 Å². The van der Waals surface area contributed by atoms with E-state index in [1.54, 1.807) is 0 Å². The van der Waals surface area contributed by atoms with Crippen molar-refractivity contribution in [3.8, 4) is 0 Å². The Morgan fingerprint density at radius 2 is 1.92 bits per heavy atom. The molecule has 4 aliphatic carbocycles. The third-order valence-corrected chi connectivity index (χ3v) is 6.40. The summed E-state index contributed by atoms with van der Waals surface area (Å²) in [6.07, 6.45) is 6.93. The maximum absolute atomic E-state index is 12.3. The van der Waals surface area contributed by atoms with Crippen LogP contribution in [0.2, 0.25) is 0 Å². The minimum Gasteiger partial charge on any atom is -0.456 e. The standard InChI is InChI=1S/C18H25NO5/c20-14-2-1-3-19(14)15(21)10-24-16(22)9-17-5-12-4-13(6-17)8-18(23,7-12)11-17/h12-13,23H,1-11H2/t12-,13+,17?,18?. The second kappa shape index (κ2) is 5.55. The second-order valence-corrected chi connectivity index (χ2v) is 8.57. The molecule has 1 N–H and O–H groups in total. The van der Waals surface area contributed by atoms with Crippen LogP contribution in [0.5, 0.6) is 0 Å². The van der Waals surface area contributed by atoms with E-state index < -0.39 is 11.5 Å². The molecule has 4 bridgehead atoms. The first-order valence-corrected chi connectivity index (χ1v) is 9.08. The fourth-order valence-corrected chi connectivity index (χ4v) is 6.10. The zero-order chi connectivity index (χ0) is 16.9. The predicted octanol–water partition coefficient (Wildman–Crippen LogP) is 1.40. The lowest BCUT2D eigenvalue weighted by Crippen LogP contribution is -2.56. The van der Waals surface area contributed by atoms with E-state index in [0.717, 1.165) is 25.7 Å². The molecule has 0 radical (unpaired) electrons. The lowest BCUT2D eigenvalue weighted by Gasteiger charge is -2.60. The van der Waals surface area contributed by atoms with Crippen LogP contribution in [0, 0.1) is 17.3 Å². The van der Waals surface area contributed by atoms with E-state index >= 15 is 0 Å². The molecular weight excluding hydrogens is 310 g/mol. The van der Waals surface area contributed by atoms with E-state index in [1.807, 2.05) is 0 Å². The van der Waals surface area contributed by atoms with Crippen molar-refractivity contribution in [3.63, 3.8) is 0 Å². The first kappa shape index (κ1) is 16.1. The van der Waals surface area contributed by atoms with Crippen LogP contribution in [0.4, 0.5) is 0 Å². The molecular formula is C18H25NO5. The van der Waals surface area contributed by atoms with E-state index in [0.29, 0.717) is 37.6 Å². The van der Waals surface area contributed by atoms with E-state index in [2.05, 4.69) is 0 Å². The Labute approximate surface area is 141 Å². The number of nitrogens with zero attached hydrogens (tertiary/aromatic N) is 1. The average molecular weight is 335 g/mol. The topological polar surface area (TPSA) is 83.9 Å². The third kappa shape index (κ3) is 2.85. The number of rotatable bonds is 4. The number of hydrogen-bond donors (Lipinski definition) is 1. The Hall–Kier alpha value is -1.43. The molecule has 4 atom stereocenters. The van der Waals surface area contributed by atoms with Gasteiger partial charge in [0.2, 0.25) is 5.91 Å². The van der Waals surface area contributed by atoms with Gasteiger partial charge in [-0.2, -0.15) is 0 Å². The summed E-state index contributed by atoms with van der Waals surface area (Å²) in [6, 6.07) is 0. The molecule has 24 heavy (non-hydrogen) atoms. The van der Waals surface area contributed by atoms with Gasteiger partial charge in [0.1, 0.15) is 0 Å². The molecule has 2 unspecified atom stereocenters. The molecule has 2 amide bonds. The Kier molecular flexibility index (Phi) is 3.71. The number of imide groups is 1. The Morgan fingerprint density at radius 1 is 1.21 bits per heavy atom. The van der Waals surface area contributed by atoms with Gasteiger partial charge in [0.15, 0.2) is 6.61 Å². The summed E-state index contributed by atoms with van der Waals surface area (Å²) in [5.74, 6) is 0.0655. The minimum atomic E-state index is -0.595. The van der Waals surface area contributed by atoms with Gasteiger partial charge in [0.05, 0.1) is 12.0 Å². The summed E-state index contributed by atoms with van der Waals surface area (Å²) >= 11 is 0. The van der Waals surface area contributed by atoms with Crippen molar-refractivity contribution in [2.45, 2.75) is 63.4 Å². The summed E-state index contributed by atoms with van der Waals surface area (Å²) in [5, 5.41) is 10.7. The molecule has 1 saturated heterocycles. The Morgan fingerprint density at radius 3 is 2.50 bits per heavy atom. The monoisotopic (exact) mass is 335 g/mol. The smallest absolute Gasteiger partial charge is 0.306 e. The lowest BCUT2D eigenvalue weighted by molar-refractivity contribution is -0.178. The first-order valence-electron chi connectivity index (χ1n) is 9.08. The molecule has 1 heterocycles. The van der Waals surface area contributed by atoms with Crippen molar-refractivity contribution >= 4 is 17.8 Å². The van der Waals surface area contributed by atoms with Crippen LogP contribution in [0.25, 0.3) is 0 Å². The number of esters is 1. The second-order valence-electron chi connectivity index (χ2n) is 8.57. The van der Waals surface area contributed by atoms with Crippen LogP contribution in [-0.2, 0) is 19.1 Å². The van der Waals surface area contributed by atoms with Crippen molar-refractivity contribution in [1.29, 1.82) is 0 Å². The van der Waals surface area contributed by atoms with E-state index in [-0.39, 0.29) is 30.3 Å². The number of aliphatic hydroxyl groups is 1. The van der Waals surface area contributed by atoms with Crippen molar-refractivity contribution in [2.24, 2.45) is 17.3 Å². The molecule has 0 spiro atoms. The highest BCUT2D eigenvalue weighted by molar-refractivity contribution is 5.97. The summed E-state index contributed by atoms with van der Waals surface area (Å²) < 4.78 is 5.17. The first-order chi connectivity index (χ1) is 11.4. The van der Waals surface area contributed by atoms with Crippen LogP contribution in [0.15, 0.2) is 0 Å². The summed E-state index contributed by atoms with van der Waals surface area (Å²) in [4.78, 5) is 36.9. The van der Waals surface area contributed by atoms with E-state index in [4.69, 9.17) is 4.74 Å². The summed E-state index contributed by atoms with van der Waals surface area (Å²) in [6.45, 7) is 0.0767. The van der Waals surface area contributed by atoms with Gasteiger partial charge < -0.3 is 9.84 Å². The van der Waals surface area contributed by atoms with Gasteiger partial charge in [-0.3, -0.25) is 19.3 Å². The molecule has 0 aromatic carbocycles. The van der Waals surface area contributed by atoms with E-state index in [9.17, 15) is 19.5 Å². The minimum absolute atomic E-state index is 0.150. The van der Waals surface area contributed by atoms with Gasteiger partial charge in [0.25, 0.3) is 5.91 Å². The fraction of sp³-hybridized carbons (Fsp3) is 0.833. The fourth-order valence-electron chi connectivity index (χ4n) is 6.10. The number of likely N-dealkylation sites (tertiary alicyclic amines) is 1. The lowest BCUT2D eigenvalue weighted by atomic mass is 9.47. The molecule has 5 rings (SSSR count). The normalized spacial score (nSPS) is 40.2. The van der Waals surface area contributed by atoms with Crippen molar-refractivity contribution in [1.82, 2.24) is 4.90 Å². The predicted molar refractivity (Wildman–Crippen MR) is 83.6 cm³/mol. The number of carbonyl (C=O) groups excluding carboxylic acids is 3. The van der Waals surface area contributed by atoms with Crippen molar-refractivity contribution < 1.29 is 24.2 Å². The van der Waals surface area contributed by atoms with Crippen LogP contribution in [0.1, 0.15) is 57.8 Å². The molecule has 0 aromatic rings. The Bertz CT molecular complexity index is 572. The number of amides is 2. The largest absolute Gasteiger partial charge is 0.456 e. The van der Waals surface area contributed by atoms with Crippen molar-refractivity contribution in [2.75, 3.05) is 13.2 Å². The van der Waals surface area contributed by atoms with Gasteiger partial charge in [-0.05, 0) is 62.2 Å². The van der Waals surface area contributed by atoms with Crippen LogP contribution in [0.3, 0.4) is 0 Å². The van der Waals surface area contributed by atoms with Gasteiger partial charge in [-0.1, -0.05) is 0 Å². The molecule has 6 nitrogen and oxygen atoms in total. The van der Waals surface area contributed by atoms with Gasteiger partial charge in [-0.15, -0.1) is 0 Å². The molecule has 5 aliphatic rings. The highest BCUT2D eigenvalue weighted by atomic mass is 16.5. The zero-order valence-corrected chi connectivity index (χ0v) is 14.0. The summed E-state index contributed by atoms with van der Waals surface area (Å²) in [5.41, 5.74) is -0.745. The summed E-state index contributed by atoms with van der Waals surface area (Å²) in [7, 11) is 0. The average Bonchev–Trinajstić information content (AvgIpc) is 2.87. The highest BCUT2D eigenvalue weighted by Gasteiger charge is 2.57. The van der Waals surface area contributed by atoms with Crippen LogP contribution >= 0.6 is 0 Å². The molecule has 132 valence electrons. The maximum atomic E-state index is 12.3. The number of carbonyl (C=O) groups is 3. The van der Waals surface area contributed by atoms with Crippen LogP contribution < -0.4 is 0 Å². The van der Waals surface area contributed by atoms with Crippen LogP contribution in [-0.4, -0.2) is 46.5 Å². The van der Waals surface area contributed by atoms with Crippen molar-refractivity contribution in [3.05, 3.63) is 0 Å². The molecule has 5 fully saturated rings. The molecule has 0 aromatic heterocycles. The zero-order valence-electron chi connectivity index (χ0n) is 14.0. The number of ether oxygens (including phenoxy) is 1. The van der Waals surface area contributed by atoms with Gasteiger partial charge in [-0.25, -0.2) is 0 Å².